The summed E-state index contributed by atoms with van der Waals surface area (Å²) in [4.78, 5) is 11.0. The number of unbranched alkanes of at least 4 members (excludes halogenated alkanes) is 4. The normalized spacial score (nSPS) is 14.4. The first-order chi connectivity index (χ1) is 8.65. The quantitative estimate of drug-likeness (QED) is 0.483. The highest BCUT2D eigenvalue weighted by atomic mass is 16.4. The van der Waals surface area contributed by atoms with Gasteiger partial charge in [-0.05, 0) is 18.3 Å². The molecule has 1 N–H and O–H groups in total. The monoisotopic (exact) mass is 256 g/mol. The van der Waals surface area contributed by atoms with E-state index in [9.17, 15) is 4.79 Å². The van der Waals surface area contributed by atoms with Gasteiger partial charge in [0.15, 0.2) is 0 Å². The average Bonchev–Trinajstić information content (AvgIpc) is 2.34. The van der Waals surface area contributed by atoms with Crippen LogP contribution >= 0.6 is 0 Å². The minimum Gasteiger partial charge on any atom is -0.481 e. The maximum atomic E-state index is 11.0. The van der Waals surface area contributed by atoms with Crippen molar-refractivity contribution in [1.82, 2.24) is 0 Å². The fourth-order valence-corrected chi connectivity index (χ4v) is 2.80. The zero-order chi connectivity index (χ0) is 13.8. The summed E-state index contributed by atoms with van der Waals surface area (Å²) in [5, 5.41) is 9.06. The molecule has 0 aromatic carbocycles. The van der Waals surface area contributed by atoms with Gasteiger partial charge >= 0.3 is 5.97 Å². The molecule has 0 aliphatic carbocycles. The summed E-state index contributed by atoms with van der Waals surface area (Å²) in [6.45, 7) is 6.63. The number of hydrogen-bond donors (Lipinski definition) is 1. The van der Waals surface area contributed by atoms with Crippen LogP contribution in [0.4, 0.5) is 0 Å². The summed E-state index contributed by atoms with van der Waals surface area (Å²) in [6, 6.07) is 0. The van der Waals surface area contributed by atoms with Gasteiger partial charge in [0, 0.05) is 6.42 Å². The molecule has 0 aromatic heterocycles. The van der Waals surface area contributed by atoms with Crippen LogP contribution in [0.1, 0.15) is 85.0 Å². The first-order valence-electron chi connectivity index (χ1n) is 7.87. The molecule has 0 radical (unpaired) electrons. The van der Waals surface area contributed by atoms with Crippen LogP contribution in [0.3, 0.4) is 0 Å². The summed E-state index contributed by atoms with van der Waals surface area (Å²) in [5.41, 5.74) is 0. The van der Waals surface area contributed by atoms with Gasteiger partial charge in [-0.15, -0.1) is 0 Å². The van der Waals surface area contributed by atoms with E-state index in [1.54, 1.807) is 0 Å². The third kappa shape index (κ3) is 8.54. The lowest BCUT2D eigenvalue weighted by Crippen LogP contribution is -2.18. The molecular weight excluding hydrogens is 224 g/mol. The summed E-state index contributed by atoms with van der Waals surface area (Å²) in [7, 11) is 0. The summed E-state index contributed by atoms with van der Waals surface area (Å²) >= 11 is 0. The van der Waals surface area contributed by atoms with Gasteiger partial charge in [-0.25, -0.2) is 0 Å². The molecule has 18 heavy (non-hydrogen) atoms. The van der Waals surface area contributed by atoms with E-state index in [1.165, 1.54) is 44.9 Å². The summed E-state index contributed by atoms with van der Waals surface area (Å²) in [6.07, 6.45) is 11.3. The Morgan fingerprint density at radius 1 is 0.889 bits per heavy atom. The molecule has 108 valence electrons. The second-order valence-electron chi connectivity index (χ2n) is 5.52. The predicted molar refractivity (Wildman–Crippen MR) is 77.8 cm³/mol. The fourth-order valence-electron chi connectivity index (χ4n) is 2.80. The summed E-state index contributed by atoms with van der Waals surface area (Å²) < 4.78 is 0. The number of carboxylic acids is 1. The lowest BCUT2D eigenvalue weighted by atomic mass is 9.80. The highest BCUT2D eigenvalue weighted by molar-refractivity contribution is 5.67. The largest absolute Gasteiger partial charge is 0.481 e. The molecule has 0 rings (SSSR count). The van der Waals surface area contributed by atoms with Crippen LogP contribution in [0.2, 0.25) is 0 Å². The van der Waals surface area contributed by atoms with Crippen LogP contribution in [0.15, 0.2) is 0 Å². The lowest BCUT2D eigenvalue weighted by molar-refractivity contribution is -0.138. The van der Waals surface area contributed by atoms with Crippen molar-refractivity contribution in [3.8, 4) is 0 Å². The van der Waals surface area contributed by atoms with Crippen LogP contribution in [0, 0.1) is 11.8 Å². The van der Waals surface area contributed by atoms with E-state index in [1.807, 2.05) is 0 Å². The van der Waals surface area contributed by atoms with E-state index in [0.29, 0.717) is 18.3 Å². The molecule has 0 spiro atoms. The Balaban J connectivity index is 4.19. The van der Waals surface area contributed by atoms with Crippen molar-refractivity contribution in [2.75, 3.05) is 0 Å². The SMILES string of the molecule is CCCCCCC(CC(=O)O)C(CC)CCCC. The molecule has 0 amide bonds. The Labute approximate surface area is 113 Å². The predicted octanol–water partition coefficient (Wildman–Crippen LogP) is 5.26. The maximum Gasteiger partial charge on any atom is 0.303 e. The minimum atomic E-state index is -0.620. The lowest BCUT2D eigenvalue weighted by Gasteiger charge is -2.25. The van der Waals surface area contributed by atoms with Crippen LogP contribution in [0.5, 0.6) is 0 Å². The van der Waals surface area contributed by atoms with Gasteiger partial charge in [-0.3, -0.25) is 4.79 Å². The van der Waals surface area contributed by atoms with E-state index in [2.05, 4.69) is 20.8 Å². The molecule has 2 nitrogen and oxygen atoms in total. The topological polar surface area (TPSA) is 37.3 Å². The van der Waals surface area contributed by atoms with Crippen molar-refractivity contribution in [3.63, 3.8) is 0 Å². The van der Waals surface area contributed by atoms with Gasteiger partial charge < -0.3 is 5.11 Å². The van der Waals surface area contributed by atoms with Gasteiger partial charge in [0.05, 0.1) is 0 Å². The van der Waals surface area contributed by atoms with E-state index < -0.39 is 5.97 Å². The van der Waals surface area contributed by atoms with Crippen LogP contribution < -0.4 is 0 Å². The first-order valence-corrected chi connectivity index (χ1v) is 7.87. The van der Waals surface area contributed by atoms with E-state index in [-0.39, 0.29) is 0 Å². The molecule has 0 saturated heterocycles. The smallest absolute Gasteiger partial charge is 0.303 e. The van der Waals surface area contributed by atoms with Crippen LogP contribution in [0.25, 0.3) is 0 Å². The molecule has 0 bridgehead atoms. The second-order valence-corrected chi connectivity index (χ2v) is 5.52. The van der Waals surface area contributed by atoms with Crippen molar-refractivity contribution in [1.29, 1.82) is 0 Å². The Kier molecular flexibility index (Phi) is 11.2. The third-order valence-electron chi connectivity index (χ3n) is 3.98. The standard InChI is InChI=1S/C16H32O2/c1-4-7-9-10-12-15(13-16(17)18)14(6-3)11-8-5-2/h14-15H,4-13H2,1-3H3,(H,17,18). The van der Waals surface area contributed by atoms with Crippen molar-refractivity contribution in [2.45, 2.75) is 85.0 Å². The molecule has 0 aliphatic heterocycles. The summed E-state index contributed by atoms with van der Waals surface area (Å²) in [5.74, 6) is 0.393. The third-order valence-corrected chi connectivity index (χ3v) is 3.98. The Hall–Kier alpha value is -0.530. The number of aliphatic carboxylic acids is 1. The molecule has 2 atom stereocenters. The Morgan fingerprint density at radius 3 is 2.00 bits per heavy atom. The van der Waals surface area contributed by atoms with Gasteiger partial charge in [0.2, 0.25) is 0 Å². The Morgan fingerprint density at radius 2 is 1.50 bits per heavy atom. The molecule has 0 saturated carbocycles. The van der Waals surface area contributed by atoms with Crippen molar-refractivity contribution in [2.24, 2.45) is 11.8 Å². The molecule has 2 heteroatoms. The number of rotatable bonds is 12. The van der Waals surface area contributed by atoms with Gasteiger partial charge in [0.25, 0.3) is 0 Å². The maximum absolute atomic E-state index is 11.0. The first kappa shape index (κ1) is 17.5. The van der Waals surface area contributed by atoms with E-state index in [0.717, 1.165) is 12.8 Å². The zero-order valence-corrected chi connectivity index (χ0v) is 12.6. The van der Waals surface area contributed by atoms with E-state index in [4.69, 9.17) is 5.11 Å². The zero-order valence-electron chi connectivity index (χ0n) is 12.6. The number of hydrogen-bond acceptors (Lipinski definition) is 1. The fraction of sp³-hybridized carbons (Fsp3) is 0.938. The van der Waals surface area contributed by atoms with Crippen molar-refractivity contribution in [3.05, 3.63) is 0 Å². The molecule has 2 unspecified atom stereocenters. The van der Waals surface area contributed by atoms with Gasteiger partial charge in [0.1, 0.15) is 0 Å². The highest BCUT2D eigenvalue weighted by Crippen LogP contribution is 2.29. The Bertz CT molecular complexity index is 201. The molecule has 0 aliphatic rings. The van der Waals surface area contributed by atoms with Gasteiger partial charge in [-0.1, -0.05) is 72.1 Å². The molecule has 0 fully saturated rings. The van der Waals surface area contributed by atoms with E-state index >= 15 is 0 Å². The second kappa shape index (κ2) is 11.6. The number of carbonyl (C=O) groups is 1. The van der Waals surface area contributed by atoms with Crippen LogP contribution in [-0.4, -0.2) is 11.1 Å². The van der Waals surface area contributed by atoms with Crippen molar-refractivity contribution < 1.29 is 9.90 Å². The van der Waals surface area contributed by atoms with Gasteiger partial charge in [-0.2, -0.15) is 0 Å². The number of carboxylic acid groups (broad SMARTS) is 1. The van der Waals surface area contributed by atoms with Crippen LogP contribution in [-0.2, 0) is 4.79 Å². The molecular formula is C16H32O2. The highest BCUT2D eigenvalue weighted by Gasteiger charge is 2.21. The minimum absolute atomic E-state index is 0.369. The molecule has 0 heterocycles. The molecule has 0 aromatic rings. The average molecular weight is 256 g/mol. The van der Waals surface area contributed by atoms with Crippen molar-refractivity contribution >= 4 is 5.97 Å².